The summed E-state index contributed by atoms with van der Waals surface area (Å²) in [5.74, 6) is -1.25. The van der Waals surface area contributed by atoms with E-state index >= 15 is 0 Å². The fourth-order valence-electron chi connectivity index (χ4n) is 3.56. The van der Waals surface area contributed by atoms with Crippen LogP contribution in [0.4, 0.5) is 0 Å². The number of primary sulfonamides is 1. The van der Waals surface area contributed by atoms with Gasteiger partial charge in [0.2, 0.25) is 20.0 Å². The highest BCUT2D eigenvalue weighted by molar-refractivity contribution is 7.89. The van der Waals surface area contributed by atoms with E-state index in [2.05, 4.69) is 10.6 Å². The predicted octanol–water partition coefficient (Wildman–Crippen LogP) is -0.827. The van der Waals surface area contributed by atoms with Crippen molar-refractivity contribution in [3.63, 3.8) is 0 Å². The van der Waals surface area contributed by atoms with Gasteiger partial charge in [-0.15, -0.1) is 0 Å². The molecule has 2 amide bonds. The number of hydrogen-bond acceptors (Lipinski definition) is 9. The van der Waals surface area contributed by atoms with E-state index in [4.69, 9.17) is 19.3 Å². The second-order valence-electron chi connectivity index (χ2n) is 7.86. The quantitative estimate of drug-likeness (QED) is 0.315. The molecule has 1 saturated heterocycles. The topological polar surface area (TPSA) is 183 Å². The van der Waals surface area contributed by atoms with Crippen molar-refractivity contribution in [3.05, 3.63) is 48.0 Å². The van der Waals surface area contributed by atoms with Crippen molar-refractivity contribution in [2.24, 2.45) is 5.14 Å². The number of carbonyl (C=O) groups excluding carboxylic acids is 2. The maximum absolute atomic E-state index is 13.2. The Morgan fingerprint density at radius 2 is 1.59 bits per heavy atom. The first-order valence-corrected chi connectivity index (χ1v) is 14.0. The molecule has 2 aromatic carbocycles. The van der Waals surface area contributed by atoms with Crippen LogP contribution in [0.3, 0.4) is 0 Å². The number of rotatable bonds is 10. The number of nitrogens with one attached hydrogen (secondary N) is 2. The lowest BCUT2D eigenvalue weighted by Gasteiger charge is -2.23. The van der Waals surface area contributed by atoms with E-state index in [0.717, 1.165) is 9.87 Å². The van der Waals surface area contributed by atoms with Gasteiger partial charge in [0.15, 0.2) is 11.5 Å². The normalized spacial score (nSPS) is 16.2. The number of nitrogens with zero attached hydrogens (tertiary/aromatic N) is 1. The highest BCUT2D eigenvalue weighted by Crippen LogP contribution is 2.31. The van der Waals surface area contributed by atoms with Crippen LogP contribution in [0.15, 0.2) is 52.3 Å². The van der Waals surface area contributed by atoms with Gasteiger partial charge < -0.3 is 24.8 Å². The summed E-state index contributed by atoms with van der Waals surface area (Å²) in [4.78, 5) is 24.3. The van der Waals surface area contributed by atoms with Crippen molar-refractivity contribution in [3.8, 4) is 11.5 Å². The van der Waals surface area contributed by atoms with E-state index in [1.165, 1.54) is 44.6 Å². The molecule has 2 aromatic rings. The number of methoxy groups -OCH3 is 2. The lowest BCUT2D eigenvalue weighted by atomic mass is 10.1. The van der Waals surface area contributed by atoms with Crippen LogP contribution >= 0.6 is 0 Å². The van der Waals surface area contributed by atoms with Gasteiger partial charge in [-0.05, 0) is 36.2 Å². The molecule has 4 N–H and O–H groups in total. The summed E-state index contributed by atoms with van der Waals surface area (Å²) in [6, 6.07) is 9.98. The first-order chi connectivity index (χ1) is 17.5. The molecule has 1 fully saturated rings. The zero-order chi connectivity index (χ0) is 27.2. The molecule has 0 bridgehead atoms. The van der Waals surface area contributed by atoms with Gasteiger partial charge in [0.05, 0.1) is 37.2 Å². The number of nitrogens with two attached hydrogens (primary N) is 1. The maximum atomic E-state index is 13.2. The Morgan fingerprint density at radius 3 is 2.22 bits per heavy atom. The zero-order valence-corrected chi connectivity index (χ0v) is 21.8. The molecule has 0 unspecified atom stereocenters. The molecule has 0 aliphatic carbocycles. The average Bonchev–Trinajstić information content (AvgIpc) is 3.36. The highest BCUT2D eigenvalue weighted by Gasteiger charge is 2.37. The van der Waals surface area contributed by atoms with Crippen LogP contribution in [0, 0.1) is 0 Å². The summed E-state index contributed by atoms with van der Waals surface area (Å²) in [6.07, 6.45) is -0.667. The molecule has 202 valence electrons. The average molecular weight is 557 g/mol. The molecule has 13 nitrogen and oxygen atoms in total. The fourth-order valence-corrected chi connectivity index (χ4v) is 5.60. The Balaban J connectivity index is 1.53. The highest BCUT2D eigenvalue weighted by atomic mass is 32.2. The monoisotopic (exact) mass is 556 g/mol. The van der Waals surface area contributed by atoms with E-state index < -0.39 is 38.1 Å². The van der Waals surface area contributed by atoms with Gasteiger partial charge in [0, 0.05) is 19.2 Å². The number of benzene rings is 2. The standard InChI is InChI=1S/C22H28N4O9S2/c1-33-18-8-7-17(13-19(18)34-2)37(31,32)26-11-12-35-20(26)14-25-22(28)21(27)24-10-9-15-3-5-16(6-4-15)36(23,29)30/h3-8,13,20H,9-12,14H2,1-2H3,(H,24,27)(H,25,28)(H2,23,29,30)/t20-/m0/s1. The third-order valence-electron chi connectivity index (χ3n) is 5.50. The Kier molecular flexibility index (Phi) is 9.09. The Labute approximate surface area is 215 Å². The third-order valence-corrected chi connectivity index (χ3v) is 8.31. The lowest BCUT2D eigenvalue weighted by molar-refractivity contribution is -0.139. The van der Waals surface area contributed by atoms with Gasteiger partial charge in [-0.2, -0.15) is 4.31 Å². The lowest BCUT2D eigenvalue weighted by Crippen LogP contribution is -2.47. The summed E-state index contributed by atoms with van der Waals surface area (Å²) in [5.41, 5.74) is 0.725. The van der Waals surface area contributed by atoms with Crippen molar-refractivity contribution < 1.29 is 40.6 Å². The SMILES string of the molecule is COc1ccc(S(=O)(=O)N2CCO[C@H]2CNC(=O)C(=O)NCCc2ccc(S(N)(=O)=O)cc2)cc1OC. The molecule has 0 radical (unpaired) electrons. The van der Waals surface area contributed by atoms with Crippen molar-refractivity contribution in [1.29, 1.82) is 0 Å². The Hall–Kier alpha value is -3.24. The number of carbonyl (C=O) groups is 2. The van der Waals surface area contributed by atoms with Gasteiger partial charge >= 0.3 is 11.8 Å². The second-order valence-corrected chi connectivity index (χ2v) is 11.3. The molecule has 1 aliphatic heterocycles. The summed E-state index contributed by atoms with van der Waals surface area (Å²) in [6.45, 7) is 0.0473. The molecule has 1 heterocycles. The minimum Gasteiger partial charge on any atom is -0.493 e. The molecule has 3 rings (SSSR count). The van der Waals surface area contributed by atoms with E-state index in [-0.39, 0.29) is 41.8 Å². The third kappa shape index (κ3) is 6.95. The Bertz CT molecular complexity index is 1350. The molecular weight excluding hydrogens is 528 g/mol. The maximum Gasteiger partial charge on any atom is 0.309 e. The van der Waals surface area contributed by atoms with E-state index in [1.807, 2.05) is 0 Å². The summed E-state index contributed by atoms with van der Waals surface area (Å²) < 4.78 is 65.8. The summed E-state index contributed by atoms with van der Waals surface area (Å²) in [7, 11) is -4.97. The van der Waals surface area contributed by atoms with Gasteiger partial charge in [0.1, 0.15) is 6.23 Å². The van der Waals surface area contributed by atoms with E-state index in [9.17, 15) is 26.4 Å². The number of sulfonamides is 2. The predicted molar refractivity (Wildman–Crippen MR) is 131 cm³/mol. The molecule has 1 atom stereocenters. The molecule has 1 aliphatic rings. The van der Waals surface area contributed by atoms with E-state index in [0.29, 0.717) is 12.2 Å². The smallest absolute Gasteiger partial charge is 0.309 e. The number of hydrogen-bond donors (Lipinski definition) is 3. The molecule has 0 aromatic heterocycles. The molecular formula is C22H28N4O9S2. The summed E-state index contributed by atoms with van der Waals surface area (Å²) in [5, 5.41) is 9.89. The van der Waals surface area contributed by atoms with Gasteiger partial charge in [-0.25, -0.2) is 22.0 Å². The van der Waals surface area contributed by atoms with E-state index in [1.54, 1.807) is 12.1 Å². The number of ether oxygens (including phenoxy) is 3. The largest absolute Gasteiger partial charge is 0.493 e. The fraction of sp³-hybridized carbons (Fsp3) is 0.364. The van der Waals surface area contributed by atoms with Crippen LogP contribution < -0.4 is 25.2 Å². The van der Waals surface area contributed by atoms with Crippen LogP contribution in [-0.4, -0.2) is 79.6 Å². The van der Waals surface area contributed by atoms with Crippen LogP contribution in [0.1, 0.15) is 5.56 Å². The van der Waals surface area contributed by atoms with Crippen LogP contribution in [0.25, 0.3) is 0 Å². The first kappa shape index (κ1) is 28.3. The van der Waals surface area contributed by atoms with Crippen molar-refractivity contribution in [1.82, 2.24) is 14.9 Å². The summed E-state index contributed by atoms with van der Waals surface area (Å²) >= 11 is 0. The minimum atomic E-state index is -4.00. The van der Waals surface area contributed by atoms with Crippen LogP contribution in [-0.2, 0) is 40.8 Å². The zero-order valence-electron chi connectivity index (χ0n) is 20.2. The number of amides is 2. The minimum absolute atomic E-state index is 0.0315. The second kappa shape index (κ2) is 11.9. The molecule has 0 spiro atoms. The van der Waals surface area contributed by atoms with Crippen molar-refractivity contribution >= 4 is 31.9 Å². The molecule has 15 heteroatoms. The van der Waals surface area contributed by atoms with Gasteiger partial charge in [-0.3, -0.25) is 9.59 Å². The van der Waals surface area contributed by atoms with Crippen LogP contribution in [0.2, 0.25) is 0 Å². The van der Waals surface area contributed by atoms with Gasteiger partial charge in [-0.1, -0.05) is 12.1 Å². The first-order valence-electron chi connectivity index (χ1n) is 11.0. The Morgan fingerprint density at radius 1 is 0.973 bits per heavy atom. The molecule has 37 heavy (non-hydrogen) atoms. The van der Waals surface area contributed by atoms with Crippen molar-refractivity contribution in [2.75, 3.05) is 40.5 Å². The molecule has 0 saturated carbocycles. The van der Waals surface area contributed by atoms with Gasteiger partial charge in [0.25, 0.3) is 0 Å². The van der Waals surface area contributed by atoms with Crippen molar-refractivity contribution in [2.45, 2.75) is 22.4 Å². The van der Waals surface area contributed by atoms with Crippen LogP contribution in [0.5, 0.6) is 11.5 Å².